The van der Waals surface area contributed by atoms with Crippen LogP contribution >= 0.6 is 0 Å². The Hall–Kier alpha value is -1.95. The van der Waals surface area contributed by atoms with Crippen LogP contribution in [0, 0.1) is 0 Å². The van der Waals surface area contributed by atoms with Gasteiger partial charge in [0.25, 0.3) is 0 Å². The summed E-state index contributed by atoms with van der Waals surface area (Å²) in [5.41, 5.74) is -0.772. The van der Waals surface area contributed by atoms with Crippen LogP contribution in [0.4, 0.5) is 0 Å². The minimum absolute atomic E-state index is 0. The Morgan fingerprint density at radius 3 is 0.906 bits per heavy atom. The molecule has 2 atom stereocenters. The largest absolute Gasteiger partial charge is 2.00 e. The molecule has 300 valence electrons. The van der Waals surface area contributed by atoms with Gasteiger partial charge in [0, 0.05) is 12.8 Å². The summed E-state index contributed by atoms with van der Waals surface area (Å²) in [7, 11) is 0. The number of hydrogen-bond donors (Lipinski definition) is 2. The van der Waals surface area contributed by atoms with E-state index in [9.17, 15) is 29.4 Å². The van der Waals surface area contributed by atoms with Crippen molar-refractivity contribution < 1.29 is 49.1 Å². The molecule has 0 aromatic carbocycles. The monoisotopic (exact) mass is 758 g/mol. The van der Waals surface area contributed by atoms with Crippen LogP contribution in [0.1, 0.15) is 194 Å². The minimum Gasteiger partial charge on any atom is -0.872 e. The Kier molecular flexibility index (Phi) is 32.2. The average molecular weight is 759 g/mol. The first-order valence-electron chi connectivity index (χ1n) is 20.8. The van der Waals surface area contributed by atoms with E-state index >= 15 is 0 Å². The molecule has 2 aliphatic rings. The molecule has 53 heavy (non-hydrogen) atoms. The molecule has 2 rings (SSSR count). The van der Waals surface area contributed by atoms with E-state index in [2.05, 4.69) is 23.3 Å². The van der Waals surface area contributed by atoms with Crippen molar-refractivity contribution in [3.05, 3.63) is 22.7 Å². The van der Waals surface area contributed by atoms with Gasteiger partial charge in [0.05, 0.1) is 24.4 Å². The number of rotatable bonds is 32. The zero-order valence-corrected chi connectivity index (χ0v) is 34.6. The molecule has 2 aliphatic heterocycles. The molecule has 0 radical (unpaired) electrons. The van der Waals surface area contributed by atoms with Crippen LogP contribution in [0.15, 0.2) is 22.7 Å². The zero-order valence-electron chi connectivity index (χ0n) is 33.2. The van der Waals surface area contributed by atoms with E-state index < -0.39 is 60.4 Å². The van der Waals surface area contributed by atoms with Crippen LogP contribution in [0.3, 0.4) is 0 Å². The first-order chi connectivity index (χ1) is 25.2. The van der Waals surface area contributed by atoms with E-state index in [4.69, 9.17) is 10.2 Å². The quantitative estimate of drug-likeness (QED) is 0.0323. The molecule has 0 aromatic heterocycles. The molecule has 0 bridgehead atoms. The smallest absolute Gasteiger partial charge is 0.872 e. The summed E-state index contributed by atoms with van der Waals surface area (Å²) in [6.45, 7) is 3.34. The van der Waals surface area contributed by atoms with Gasteiger partial charge in [0.15, 0.2) is 11.6 Å². The summed E-state index contributed by atoms with van der Waals surface area (Å²) >= 11 is 0. The maximum absolute atomic E-state index is 12.0. The molecule has 0 aromatic rings. The standard InChI is InChI=1S/2C21H36O5.Mg/c2*1-2-3-4-5-6-7-8-9-10-11-12-13-14-15-17(23)19-20(24)18(16-22)26-21(19)25;/h2*18,22,24H,2-16H2,1H3;/q;;+2/p-2/t2*18-;/m11./s1. The van der Waals surface area contributed by atoms with Gasteiger partial charge in [0.2, 0.25) is 0 Å². The van der Waals surface area contributed by atoms with Crippen molar-refractivity contribution >= 4 is 46.6 Å². The summed E-state index contributed by atoms with van der Waals surface area (Å²) in [4.78, 5) is 47.0. The number of aliphatic hydroxyl groups excluding tert-OH is 2. The molecule has 0 spiro atoms. The molecule has 2 N–H and O–H groups in total. The first kappa shape index (κ1) is 51.0. The number of ketones is 2. The molecular formula is C42H70MgO10. The molecule has 0 unspecified atom stereocenters. The molecule has 0 saturated heterocycles. The molecule has 0 fully saturated rings. The fourth-order valence-corrected chi connectivity index (χ4v) is 6.61. The van der Waals surface area contributed by atoms with Crippen LogP contribution < -0.4 is 10.2 Å². The van der Waals surface area contributed by atoms with Gasteiger partial charge in [-0.05, 0) is 12.8 Å². The van der Waals surface area contributed by atoms with E-state index in [1.807, 2.05) is 0 Å². The van der Waals surface area contributed by atoms with Crippen molar-refractivity contribution in [2.24, 2.45) is 0 Å². The van der Waals surface area contributed by atoms with Gasteiger partial charge in [-0.3, -0.25) is 9.59 Å². The minimum atomic E-state index is -1.19. The number of carbonyl (C=O) groups excluding carboxylic acids is 4. The van der Waals surface area contributed by atoms with Crippen molar-refractivity contribution in [1.82, 2.24) is 0 Å². The first-order valence-corrected chi connectivity index (χ1v) is 20.8. The molecule has 2 heterocycles. The summed E-state index contributed by atoms with van der Waals surface area (Å²) < 4.78 is 9.36. The van der Waals surface area contributed by atoms with Crippen LogP contribution in [-0.4, -0.2) is 82.2 Å². The van der Waals surface area contributed by atoms with Crippen molar-refractivity contribution in [3.8, 4) is 0 Å². The third kappa shape index (κ3) is 22.3. The van der Waals surface area contributed by atoms with Gasteiger partial charge >= 0.3 is 35.0 Å². The fourth-order valence-electron chi connectivity index (χ4n) is 6.61. The van der Waals surface area contributed by atoms with Crippen LogP contribution in [0.5, 0.6) is 0 Å². The third-order valence-corrected chi connectivity index (χ3v) is 9.89. The van der Waals surface area contributed by atoms with Gasteiger partial charge in [0.1, 0.15) is 12.2 Å². The second-order valence-corrected chi connectivity index (χ2v) is 14.5. The van der Waals surface area contributed by atoms with Gasteiger partial charge < -0.3 is 29.9 Å². The molecule has 0 aliphatic carbocycles. The SMILES string of the molecule is CCCCCCCCCCCCCCCC(=O)C1=C([O-])[C@@H](CO)OC1=O.CCCCCCCCCCCCCCCC(=O)C1=C([O-])[C@@H](CO)OC1=O.[Mg+2]. The topological polar surface area (TPSA) is 173 Å². The number of esters is 2. The molecule has 0 saturated carbocycles. The predicted octanol–water partition coefficient (Wildman–Crippen LogP) is 6.76. The summed E-state index contributed by atoms with van der Waals surface area (Å²) in [6, 6.07) is 0. The predicted molar refractivity (Wildman–Crippen MR) is 204 cm³/mol. The number of unbranched alkanes of at least 4 members (excludes halogenated alkanes) is 24. The van der Waals surface area contributed by atoms with Crippen molar-refractivity contribution in [2.75, 3.05) is 13.2 Å². The number of carbonyl (C=O) groups is 4. The molecule has 11 heteroatoms. The van der Waals surface area contributed by atoms with Gasteiger partial charge in [-0.25, -0.2) is 9.59 Å². The number of Topliss-reactive ketones (excluding diaryl/α,β-unsaturated/α-hetero) is 2. The van der Waals surface area contributed by atoms with Crippen LogP contribution in [-0.2, 0) is 28.7 Å². The number of aliphatic hydroxyl groups is 2. The van der Waals surface area contributed by atoms with Crippen molar-refractivity contribution in [1.29, 1.82) is 0 Å². The average Bonchev–Trinajstić information content (AvgIpc) is 3.60. The summed E-state index contributed by atoms with van der Waals surface area (Å²) in [5.74, 6) is -3.99. The third-order valence-electron chi connectivity index (χ3n) is 9.89. The van der Waals surface area contributed by atoms with Crippen LogP contribution in [0.2, 0.25) is 0 Å². The number of cyclic esters (lactones) is 2. The Morgan fingerprint density at radius 1 is 0.472 bits per heavy atom. The second-order valence-electron chi connectivity index (χ2n) is 14.5. The molecular weight excluding hydrogens is 689 g/mol. The fraction of sp³-hybridized carbons (Fsp3) is 0.810. The van der Waals surface area contributed by atoms with Crippen LogP contribution in [0.25, 0.3) is 0 Å². The van der Waals surface area contributed by atoms with Gasteiger partial charge in [-0.2, -0.15) is 0 Å². The molecule has 0 amide bonds. The zero-order chi connectivity index (χ0) is 38.4. The summed E-state index contributed by atoms with van der Waals surface area (Å²) in [6.07, 6.45) is 29.7. The van der Waals surface area contributed by atoms with Gasteiger partial charge in [-0.15, -0.1) is 0 Å². The van der Waals surface area contributed by atoms with E-state index in [-0.39, 0.29) is 47.0 Å². The van der Waals surface area contributed by atoms with Crippen molar-refractivity contribution in [2.45, 2.75) is 206 Å². The van der Waals surface area contributed by atoms with E-state index in [0.29, 0.717) is 12.8 Å². The summed E-state index contributed by atoms with van der Waals surface area (Å²) in [5, 5.41) is 41.4. The van der Waals surface area contributed by atoms with Gasteiger partial charge in [-0.1, -0.05) is 179 Å². The van der Waals surface area contributed by atoms with E-state index in [0.717, 1.165) is 25.7 Å². The number of ether oxygens (including phenoxy) is 2. The second kappa shape index (κ2) is 33.4. The Morgan fingerprint density at radius 2 is 0.698 bits per heavy atom. The normalized spacial score (nSPS) is 16.7. The Bertz CT molecular complexity index is 1000. The van der Waals surface area contributed by atoms with E-state index in [1.54, 1.807) is 0 Å². The Labute approximate surface area is 336 Å². The maximum atomic E-state index is 12.0. The Balaban J connectivity index is 0.00000100. The molecule has 10 nitrogen and oxygen atoms in total. The van der Waals surface area contributed by atoms with E-state index in [1.165, 1.54) is 128 Å². The van der Waals surface area contributed by atoms with Crippen molar-refractivity contribution in [3.63, 3.8) is 0 Å². The maximum Gasteiger partial charge on any atom is 2.00 e. The number of hydrogen-bond acceptors (Lipinski definition) is 10.